The Morgan fingerprint density at radius 1 is 1.41 bits per heavy atom. The molecule has 17 heavy (non-hydrogen) atoms. The first kappa shape index (κ1) is 10.9. The Hall–Kier alpha value is -1.20. The Bertz CT molecular complexity index is 521. The lowest BCUT2D eigenvalue weighted by atomic mass is 10.1. The van der Waals surface area contributed by atoms with Crippen LogP contribution in [0.15, 0.2) is 12.4 Å². The van der Waals surface area contributed by atoms with Gasteiger partial charge in [0.1, 0.15) is 10.7 Å². The van der Waals surface area contributed by atoms with Gasteiger partial charge in [-0.15, -0.1) is 0 Å². The van der Waals surface area contributed by atoms with Crippen molar-refractivity contribution in [1.29, 1.82) is 0 Å². The molecule has 0 radical (unpaired) electrons. The number of rotatable bonds is 2. The summed E-state index contributed by atoms with van der Waals surface area (Å²) < 4.78 is 7.51. The Balaban J connectivity index is 1.86. The Morgan fingerprint density at radius 3 is 3.18 bits per heavy atom. The molecule has 1 aliphatic heterocycles. The van der Waals surface area contributed by atoms with Crippen molar-refractivity contribution >= 4 is 22.8 Å². The van der Waals surface area contributed by atoms with Gasteiger partial charge in [-0.2, -0.15) is 5.10 Å². The quantitative estimate of drug-likeness (QED) is 0.821. The maximum absolute atomic E-state index is 5.84. The van der Waals surface area contributed by atoms with Crippen LogP contribution in [0, 0.1) is 0 Å². The highest BCUT2D eigenvalue weighted by atomic mass is 35.5. The molecular formula is C11H13ClN4O. The predicted molar refractivity (Wildman–Crippen MR) is 63.9 cm³/mol. The molecule has 1 atom stereocenters. The van der Waals surface area contributed by atoms with Gasteiger partial charge >= 0.3 is 0 Å². The number of aromatic nitrogens is 4. The molecule has 5 nitrogen and oxygen atoms in total. The molecule has 0 aliphatic carbocycles. The molecular weight excluding hydrogens is 240 g/mol. The van der Waals surface area contributed by atoms with Gasteiger partial charge in [0.15, 0.2) is 5.65 Å². The second kappa shape index (κ2) is 4.58. The highest BCUT2D eigenvalue weighted by Crippen LogP contribution is 2.17. The molecule has 1 aliphatic rings. The summed E-state index contributed by atoms with van der Waals surface area (Å²) in [5.74, 6) is 0. The lowest BCUT2D eigenvalue weighted by Gasteiger charge is -2.22. The molecule has 3 heterocycles. The van der Waals surface area contributed by atoms with Gasteiger partial charge < -0.3 is 4.74 Å². The summed E-state index contributed by atoms with van der Waals surface area (Å²) >= 11 is 5.84. The summed E-state index contributed by atoms with van der Waals surface area (Å²) in [6, 6.07) is 0. The van der Waals surface area contributed by atoms with Crippen molar-refractivity contribution in [2.75, 3.05) is 6.61 Å². The van der Waals surface area contributed by atoms with E-state index in [1.807, 2.05) is 4.68 Å². The van der Waals surface area contributed by atoms with Crippen LogP contribution in [0.1, 0.15) is 19.3 Å². The molecule has 0 bridgehead atoms. The van der Waals surface area contributed by atoms with Crippen LogP contribution in [0.3, 0.4) is 0 Å². The van der Waals surface area contributed by atoms with Crippen LogP contribution >= 0.6 is 11.6 Å². The van der Waals surface area contributed by atoms with Crippen LogP contribution in [0.2, 0.25) is 5.15 Å². The second-order valence-electron chi connectivity index (χ2n) is 4.22. The summed E-state index contributed by atoms with van der Waals surface area (Å²) in [7, 11) is 0. The van der Waals surface area contributed by atoms with Crippen molar-refractivity contribution in [1.82, 2.24) is 19.7 Å². The number of hydrogen-bond acceptors (Lipinski definition) is 4. The van der Waals surface area contributed by atoms with E-state index in [1.165, 1.54) is 12.6 Å². The average Bonchev–Trinajstić information content (AvgIpc) is 2.73. The SMILES string of the molecule is Clc1cnc2cnn(C[C@@H]3CCCCO3)c2n1. The van der Waals surface area contributed by atoms with Gasteiger partial charge in [0.25, 0.3) is 0 Å². The van der Waals surface area contributed by atoms with Crippen molar-refractivity contribution in [3.05, 3.63) is 17.5 Å². The third kappa shape index (κ3) is 2.25. The molecule has 0 unspecified atom stereocenters. The Morgan fingerprint density at radius 2 is 2.35 bits per heavy atom. The van der Waals surface area contributed by atoms with E-state index in [-0.39, 0.29) is 6.10 Å². The van der Waals surface area contributed by atoms with Gasteiger partial charge in [-0.1, -0.05) is 11.6 Å². The molecule has 0 amide bonds. The predicted octanol–water partition coefficient (Wildman–Crippen LogP) is 2.05. The average molecular weight is 253 g/mol. The maximum Gasteiger partial charge on any atom is 0.178 e. The van der Waals surface area contributed by atoms with Crippen molar-refractivity contribution in [3.8, 4) is 0 Å². The molecule has 0 aromatic carbocycles. The minimum atomic E-state index is 0.229. The summed E-state index contributed by atoms with van der Waals surface area (Å²) in [5.41, 5.74) is 1.50. The van der Waals surface area contributed by atoms with Gasteiger partial charge in [-0.05, 0) is 19.3 Å². The van der Waals surface area contributed by atoms with Crippen LogP contribution in [0.5, 0.6) is 0 Å². The first-order valence-corrected chi connectivity index (χ1v) is 6.16. The first-order valence-electron chi connectivity index (χ1n) is 5.78. The fourth-order valence-corrected chi connectivity index (χ4v) is 2.23. The zero-order valence-electron chi connectivity index (χ0n) is 9.34. The normalized spacial score (nSPS) is 20.9. The molecule has 0 spiro atoms. The number of ether oxygens (including phenoxy) is 1. The van der Waals surface area contributed by atoms with Crippen molar-refractivity contribution in [3.63, 3.8) is 0 Å². The van der Waals surface area contributed by atoms with Crippen molar-refractivity contribution in [2.45, 2.75) is 31.9 Å². The number of nitrogens with zero attached hydrogens (tertiary/aromatic N) is 4. The summed E-state index contributed by atoms with van der Waals surface area (Å²) in [6.07, 6.45) is 6.93. The first-order chi connectivity index (χ1) is 8.33. The van der Waals surface area contributed by atoms with Crippen molar-refractivity contribution < 1.29 is 4.74 Å². The van der Waals surface area contributed by atoms with Crippen LogP contribution in [0.4, 0.5) is 0 Å². The lowest BCUT2D eigenvalue weighted by Crippen LogP contribution is -2.25. The zero-order chi connectivity index (χ0) is 11.7. The summed E-state index contributed by atoms with van der Waals surface area (Å²) in [6.45, 7) is 1.56. The van der Waals surface area contributed by atoms with Gasteiger partial charge in [0.2, 0.25) is 0 Å². The van der Waals surface area contributed by atoms with E-state index in [1.54, 1.807) is 6.20 Å². The molecule has 1 saturated heterocycles. The smallest absolute Gasteiger partial charge is 0.178 e. The monoisotopic (exact) mass is 252 g/mol. The number of hydrogen-bond donors (Lipinski definition) is 0. The number of fused-ring (bicyclic) bond motifs is 1. The van der Waals surface area contributed by atoms with Crippen LogP contribution in [-0.4, -0.2) is 32.5 Å². The molecule has 6 heteroatoms. The lowest BCUT2D eigenvalue weighted by molar-refractivity contribution is 0.00464. The Labute approximate surface area is 104 Å². The minimum Gasteiger partial charge on any atom is -0.376 e. The molecule has 90 valence electrons. The molecule has 3 rings (SSSR count). The fourth-order valence-electron chi connectivity index (χ4n) is 2.11. The second-order valence-corrected chi connectivity index (χ2v) is 4.60. The maximum atomic E-state index is 5.84. The standard InChI is InChI=1S/C11H13ClN4O/c12-10-6-13-9-5-14-16(11(9)15-10)7-8-3-1-2-4-17-8/h5-6,8H,1-4,7H2/t8-/m0/s1. The van der Waals surface area contributed by atoms with E-state index < -0.39 is 0 Å². The fraction of sp³-hybridized carbons (Fsp3) is 0.545. The minimum absolute atomic E-state index is 0.229. The topological polar surface area (TPSA) is 52.8 Å². The summed E-state index contributed by atoms with van der Waals surface area (Å²) in [5, 5.41) is 4.68. The van der Waals surface area contributed by atoms with Gasteiger partial charge in [-0.3, -0.25) is 0 Å². The highest BCUT2D eigenvalue weighted by Gasteiger charge is 2.16. The largest absolute Gasteiger partial charge is 0.376 e. The molecule has 1 fully saturated rings. The zero-order valence-corrected chi connectivity index (χ0v) is 10.1. The van der Waals surface area contributed by atoms with E-state index in [0.29, 0.717) is 5.15 Å². The number of halogens is 1. The van der Waals surface area contributed by atoms with Gasteiger partial charge in [0.05, 0.1) is 25.0 Å². The Kier molecular flexibility index (Phi) is 2.94. The van der Waals surface area contributed by atoms with E-state index in [4.69, 9.17) is 16.3 Å². The van der Waals surface area contributed by atoms with E-state index in [9.17, 15) is 0 Å². The van der Waals surface area contributed by atoms with E-state index in [2.05, 4.69) is 15.1 Å². The van der Waals surface area contributed by atoms with E-state index >= 15 is 0 Å². The third-order valence-corrected chi connectivity index (χ3v) is 3.15. The molecule has 2 aromatic heterocycles. The van der Waals surface area contributed by atoms with Crippen LogP contribution in [0.25, 0.3) is 11.2 Å². The molecule has 0 saturated carbocycles. The van der Waals surface area contributed by atoms with Gasteiger partial charge in [-0.25, -0.2) is 14.6 Å². The van der Waals surface area contributed by atoms with Crippen LogP contribution < -0.4 is 0 Å². The van der Waals surface area contributed by atoms with Crippen molar-refractivity contribution in [2.24, 2.45) is 0 Å². The highest BCUT2D eigenvalue weighted by molar-refractivity contribution is 6.29. The van der Waals surface area contributed by atoms with Crippen LogP contribution in [-0.2, 0) is 11.3 Å². The third-order valence-electron chi connectivity index (χ3n) is 2.97. The molecule has 0 N–H and O–H groups in total. The summed E-state index contributed by atoms with van der Waals surface area (Å²) in [4.78, 5) is 8.42. The van der Waals surface area contributed by atoms with Gasteiger partial charge in [0, 0.05) is 6.61 Å². The van der Waals surface area contributed by atoms with E-state index in [0.717, 1.165) is 37.2 Å². The molecule has 2 aromatic rings.